The second kappa shape index (κ2) is 8.01. The molecule has 1 amide bonds. The quantitative estimate of drug-likeness (QED) is 0.718. The van der Waals surface area contributed by atoms with Crippen LogP contribution in [0.15, 0.2) is 29.2 Å². The van der Waals surface area contributed by atoms with Crippen molar-refractivity contribution in [3.63, 3.8) is 0 Å². The number of carbonyl (C=O) groups excluding carboxylic acids is 1. The van der Waals surface area contributed by atoms with Crippen molar-refractivity contribution in [1.29, 1.82) is 0 Å². The second-order valence-electron chi connectivity index (χ2n) is 4.77. The topological polar surface area (TPSA) is 89.3 Å². The SMILES string of the molecule is CS(=O)(=O)c1ccccc1NC(=O)CCCCCCN. The molecule has 0 aliphatic carbocycles. The molecular weight excluding hydrogens is 276 g/mol. The molecule has 1 aromatic carbocycles. The van der Waals surface area contributed by atoms with E-state index < -0.39 is 9.84 Å². The number of sulfone groups is 1. The first kappa shape index (κ1) is 16.7. The van der Waals surface area contributed by atoms with E-state index in [0.29, 0.717) is 18.7 Å². The third-order valence-corrected chi connectivity index (χ3v) is 4.07. The summed E-state index contributed by atoms with van der Waals surface area (Å²) in [6.45, 7) is 0.675. The van der Waals surface area contributed by atoms with E-state index >= 15 is 0 Å². The van der Waals surface area contributed by atoms with Gasteiger partial charge in [-0.1, -0.05) is 25.0 Å². The monoisotopic (exact) mass is 298 g/mol. The molecule has 20 heavy (non-hydrogen) atoms. The van der Waals surface area contributed by atoms with E-state index in [4.69, 9.17) is 5.73 Å². The van der Waals surface area contributed by atoms with Crippen LogP contribution in [-0.4, -0.2) is 27.1 Å². The molecule has 0 fully saturated rings. The van der Waals surface area contributed by atoms with Crippen LogP contribution in [0.1, 0.15) is 32.1 Å². The number of amides is 1. The van der Waals surface area contributed by atoms with Gasteiger partial charge < -0.3 is 11.1 Å². The van der Waals surface area contributed by atoms with Gasteiger partial charge in [-0.05, 0) is 31.5 Å². The van der Waals surface area contributed by atoms with E-state index in [1.807, 2.05) is 0 Å². The number of hydrogen-bond donors (Lipinski definition) is 2. The predicted molar refractivity (Wildman–Crippen MR) is 80.3 cm³/mol. The highest BCUT2D eigenvalue weighted by atomic mass is 32.2. The third-order valence-electron chi connectivity index (χ3n) is 2.92. The zero-order chi connectivity index (χ0) is 15.0. The molecule has 5 nitrogen and oxygen atoms in total. The maximum Gasteiger partial charge on any atom is 0.224 e. The molecule has 0 radical (unpaired) electrons. The van der Waals surface area contributed by atoms with Crippen LogP contribution < -0.4 is 11.1 Å². The van der Waals surface area contributed by atoms with Gasteiger partial charge in [-0.15, -0.1) is 0 Å². The Balaban J connectivity index is 2.54. The number of carbonyl (C=O) groups is 1. The Bertz CT molecular complexity index is 541. The number of rotatable bonds is 8. The molecule has 1 rings (SSSR count). The Morgan fingerprint density at radius 2 is 1.80 bits per heavy atom. The van der Waals surface area contributed by atoms with Crippen LogP contribution in [0.5, 0.6) is 0 Å². The van der Waals surface area contributed by atoms with Crippen molar-refractivity contribution in [2.24, 2.45) is 5.73 Å². The van der Waals surface area contributed by atoms with Gasteiger partial charge in [0.15, 0.2) is 9.84 Å². The smallest absolute Gasteiger partial charge is 0.224 e. The molecule has 0 aliphatic heterocycles. The fraction of sp³-hybridized carbons (Fsp3) is 0.500. The van der Waals surface area contributed by atoms with E-state index in [2.05, 4.69) is 5.32 Å². The van der Waals surface area contributed by atoms with E-state index in [-0.39, 0.29) is 10.8 Å². The molecule has 0 bridgehead atoms. The lowest BCUT2D eigenvalue weighted by Gasteiger charge is -2.09. The zero-order valence-electron chi connectivity index (χ0n) is 11.8. The number of anilines is 1. The number of nitrogens with one attached hydrogen (secondary N) is 1. The zero-order valence-corrected chi connectivity index (χ0v) is 12.6. The fourth-order valence-electron chi connectivity index (χ4n) is 1.89. The Morgan fingerprint density at radius 1 is 1.15 bits per heavy atom. The summed E-state index contributed by atoms with van der Waals surface area (Å²) in [5, 5.41) is 2.67. The van der Waals surface area contributed by atoms with Crippen LogP contribution in [0.2, 0.25) is 0 Å². The van der Waals surface area contributed by atoms with Gasteiger partial charge in [-0.3, -0.25) is 4.79 Å². The molecule has 112 valence electrons. The minimum Gasteiger partial charge on any atom is -0.330 e. The van der Waals surface area contributed by atoms with Crippen LogP contribution in [0.4, 0.5) is 5.69 Å². The van der Waals surface area contributed by atoms with Gasteiger partial charge in [-0.2, -0.15) is 0 Å². The van der Waals surface area contributed by atoms with Crippen LogP contribution in [0.25, 0.3) is 0 Å². The first-order chi connectivity index (χ1) is 9.45. The van der Waals surface area contributed by atoms with Crippen LogP contribution in [0.3, 0.4) is 0 Å². The highest BCUT2D eigenvalue weighted by Gasteiger charge is 2.14. The molecule has 0 heterocycles. The number of benzene rings is 1. The predicted octanol–water partition coefficient (Wildman–Crippen LogP) is 1.94. The average Bonchev–Trinajstić information content (AvgIpc) is 2.38. The molecule has 0 aliphatic rings. The highest BCUT2D eigenvalue weighted by molar-refractivity contribution is 7.90. The number of hydrogen-bond acceptors (Lipinski definition) is 4. The first-order valence-electron chi connectivity index (χ1n) is 6.74. The first-order valence-corrected chi connectivity index (χ1v) is 8.63. The van der Waals surface area contributed by atoms with Gasteiger partial charge in [0.1, 0.15) is 0 Å². The molecule has 0 saturated heterocycles. The van der Waals surface area contributed by atoms with Gasteiger partial charge in [-0.25, -0.2) is 8.42 Å². The van der Waals surface area contributed by atoms with Crippen molar-refractivity contribution in [2.75, 3.05) is 18.1 Å². The Kier molecular flexibility index (Phi) is 6.67. The van der Waals surface area contributed by atoms with Crippen molar-refractivity contribution in [1.82, 2.24) is 0 Å². The summed E-state index contributed by atoms with van der Waals surface area (Å²) in [4.78, 5) is 11.9. The standard InChI is InChI=1S/C14H22N2O3S/c1-20(18,19)13-9-6-5-8-12(13)16-14(17)10-4-2-3-7-11-15/h5-6,8-9H,2-4,7,10-11,15H2,1H3,(H,16,17). The number of unbranched alkanes of at least 4 members (excludes halogenated alkanes) is 3. The number of para-hydroxylation sites is 1. The van der Waals surface area contributed by atoms with E-state index in [1.54, 1.807) is 18.2 Å². The molecule has 0 unspecified atom stereocenters. The highest BCUT2D eigenvalue weighted by Crippen LogP contribution is 2.20. The maximum atomic E-state index is 11.8. The molecule has 0 aromatic heterocycles. The fourth-order valence-corrected chi connectivity index (χ4v) is 2.73. The lowest BCUT2D eigenvalue weighted by molar-refractivity contribution is -0.116. The van der Waals surface area contributed by atoms with Crippen molar-refractivity contribution in [2.45, 2.75) is 37.0 Å². The summed E-state index contributed by atoms with van der Waals surface area (Å²) < 4.78 is 23.2. The average molecular weight is 298 g/mol. The molecule has 0 atom stereocenters. The van der Waals surface area contributed by atoms with Gasteiger partial charge in [0.05, 0.1) is 10.6 Å². The van der Waals surface area contributed by atoms with Crippen molar-refractivity contribution < 1.29 is 13.2 Å². The summed E-state index contributed by atoms with van der Waals surface area (Å²) >= 11 is 0. The largest absolute Gasteiger partial charge is 0.330 e. The molecule has 1 aromatic rings. The van der Waals surface area contributed by atoms with Crippen molar-refractivity contribution in [3.8, 4) is 0 Å². The summed E-state index contributed by atoms with van der Waals surface area (Å²) in [6, 6.07) is 6.43. The molecule has 6 heteroatoms. The van der Waals surface area contributed by atoms with E-state index in [1.165, 1.54) is 6.07 Å². The van der Waals surface area contributed by atoms with Gasteiger partial charge in [0.2, 0.25) is 5.91 Å². The summed E-state index contributed by atoms with van der Waals surface area (Å²) in [7, 11) is -3.34. The Hall–Kier alpha value is -1.40. The van der Waals surface area contributed by atoms with Gasteiger partial charge in [0.25, 0.3) is 0 Å². The lowest BCUT2D eigenvalue weighted by Crippen LogP contribution is -2.14. The van der Waals surface area contributed by atoms with Crippen LogP contribution in [-0.2, 0) is 14.6 Å². The molecular formula is C14H22N2O3S. The minimum absolute atomic E-state index is 0.150. The molecule has 3 N–H and O–H groups in total. The molecule has 0 saturated carbocycles. The Labute approximate surface area is 120 Å². The normalized spacial score (nSPS) is 11.3. The summed E-state index contributed by atoms with van der Waals surface area (Å²) in [5.74, 6) is -0.158. The third kappa shape index (κ3) is 5.71. The van der Waals surface area contributed by atoms with Crippen LogP contribution >= 0.6 is 0 Å². The van der Waals surface area contributed by atoms with Gasteiger partial charge in [0, 0.05) is 12.7 Å². The van der Waals surface area contributed by atoms with Crippen molar-refractivity contribution in [3.05, 3.63) is 24.3 Å². The maximum absolute atomic E-state index is 11.8. The Morgan fingerprint density at radius 3 is 2.45 bits per heavy atom. The minimum atomic E-state index is -3.34. The summed E-state index contributed by atoms with van der Waals surface area (Å²) in [5.41, 5.74) is 5.74. The summed E-state index contributed by atoms with van der Waals surface area (Å²) in [6.07, 6.45) is 5.25. The molecule has 0 spiro atoms. The second-order valence-corrected chi connectivity index (χ2v) is 6.75. The van der Waals surface area contributed by atoms with E-state index in [9.17, 15) is 13.2 Å². The van der Waals surface area contributed by atoms with Crippen molar-refractivity contribution >= 4 is 21.4 Å². The van der Waals surface area contributed by atoms with Gasteiger partial charge >= 0.3 is 0 Å². The van der Waals surface area contributed by atoms with E-state index in [0.717, 1.165) is 31.9 Å². The number of nitrogens with two attached hydrogens (primary N) is 1. The lowest BCUT2D eigenvalue weighted by atomic mass is 10.1. The van der Waals surface area contributed by atoms with Crippen LogP contribution in [0, 0.1) is 0 Å².